The molecule has 0 aliphatic carbocycles. The molecule has 1 aromatic heterocycles. The third-order valence-corrected chi connectivity index (χ3v) is 7.43. The normalized spacial score (nSPS) is 15.6. The second kappa shape index (κ2) is 11.5. The molecule has 1 fully saturated rings. The summed E-state index contributed by atoms with van der Waals surface area (Å²) in [6, 6.07) is 13.7. The third-order valence-electron chi connectivity index (χ3n) is 6.42. The molecule has 0 saturated carbocycles. The van der Waals surface area contributed by atoms with Crippen LogP contribution in [-0.4, -0.2) is 72.7 Å². The maximum absolute atomic E-state index is 12.9. The van der Waals surface area contributed by atoms with Gasteiger partial charge in [-0.1, -0.05) is 29.5 Å². The molecule has 1 aliphatic heterocycles. The van der Waals surface area contributed by atoms with Gasteiger partial charge in [0, 0.05) is 61.2 Å². The summed E-state index contributed by atoms with van der Waals surface area (Å²) in [6.45, 7) is 7.25. The summed E-state index contributed by atoms with van der Waals surface area (Å²) >= 11 is 1.58. The number of thioether (sulfide) groups is 1. The predicted octanol–water partition coefficient (Wildman–Crippen LogP) is 4.04. The molecule has 1 aliphatic rings. The summed E-state index contributed by atoms with van der Waals surface area (Å²) in [5.41, 5.74) is 2.56. The molecule has 0 bridgehead atoms. The van der Waals surface area contributed by atoms with Gasteiger partial charge in [-0.2, -0.15) is 0 Å². The van der Waals surface area contributed by atoms with Gasteiger partial charge in [0.1, 0.15) is 5.82 Å². The Morgan fingerprint density at radius 2 is 1.76 bits per heavy atom. The first kappa shape index (κ1) is 26.3. The van der Waals surface area contributed by atoms with Crippen molar-refractivity contribution < 1.29 is 14.5 Å². The van der Waals surface area contributed by atoms with Crippen molar-refractivity contribution in [1.29, 1.82) is 0 Å². The SMILES string of the molecule is Cc1ccc(-n2c(C)nnc2SCCCC(=O)N2CCN(C(=O)c3ccc([N+](=O)[O-])cc3)C(C)C2)cc1. The van der Waals surface area contributed by atoms with Crippen molar-refractivity contribution in [1.82, 2.24) is 24.6 Å². The van der Waals surface area contributed by atoms with Crippen molar-refractivity contribution >= 4 is 29.3 Å². The lowest BCUT2D eigenvalue weighted by Crippen LogP contribution is -2.55. The quantitative estimate of drug-likeness (QED) is 0.190. The number of hydrogen-bond donors (Lipinski definition) is 0. The van der Waals surface area contributed by atoms with Crippen LogP contribution in [0.2, 0.25) is 0 Å². The molecular formula is C26H30N6O4S. The number of non-ortho nitro benzene ring substituents is 1. The number of nitrogens with zero attached hydrogens (tertiary/aromatic N) is 6. The topological polar surface area (TPSA) is 114 Å². The molecule has 0 spiro atoms. The molecule has 2 aromatic carbocycles. The number of carbonyl (C=O) groups excluding carboxylic acids is 2. The minimum Gasteiger partial charge on any atom is -0.339 e. The van der Waals surface area contributed by atoms with Crippen LogP contribution in [0.15, 0.2) is 53.7 Å². The Balaban J connectivity index is 1.26. The average Bonchev–Trinajstić information content (AvgIpc) is 3.26. The van der Waals surface area contributed by atoms with E-state index in [1.54, 1.807) is 16.7 Å². The van der Waals surface area contributed by atoms with Crippen molar-refractivity contribution in [3.63, 3.8) is 0 Å². The standard InChI is InChI=1S/C26H30N6O4S/c1-18-6-10-22(11-7-18)31-20(3)27-28-26(31)37-16-4-5-24(33)29-14-15-30(19(2)17-29)25(34)21-8-12-23(13-9-21)32(35)36/h6-13,19H,4-5,14-17H2,1-3H3. The minimum absolute atomic E-state index is 0.0521. The first-order valence-electron chi connectivity index (χ1n) is 12.2. The van der Waals surface area contributed by atoms with Crippen molar-refractivity contribution in [2.24, 2.45) is 0 Å². The van der Waals surface area contributed by atoms with E-state index in [-0.39, 0.29) is 23.5 Å². The number of nitro benzene ring substituents is 1. The van der Waals surface area contributed by atoms with E-state index in [2.05, 4.69) is 22.3 Å². The van der Waals surface area contributed by atoms with Gasteiger partial charge in [0.05, 0.1) is 4.92 Å². The third kappa shape index (κ3) is 6.16. The zero-order valence-electron chi connectivity index (χ0n) is 21.2. The zero-order chi connectivity index (χ0) is 26.5. The first-order valence-corrected chi connectivity index (χ1v) is 13.2. The van der Waals surface area contributed by atoms with Crippen molar-refractivity contribution in [2.75, 3.05) is 25.4 Å². The van der Waals surface area contributed by atoms with Gasteiger partial charge in [0.25, 0.3) is 11.6 Å². The van der Waals surface area contributed by atoms with Crippen LogP contribution < -0.4 is 0 Å². The lowest BCUT2D eigenvalue weighted by Gasteiger charge is -2.40. The number of aryl methyl sites for hydroxylation is 2. The molecule has 194 valence electrons. The number of amides is 2. The average molecular weight is 523 g/mol. The van der Waals surface area contributed by atoms with Crippen molar-refractivity contribution in [3.05, 3.63) is 75.6 Å². The molecule has 1 atom stereocenters. The number of carbonyl (C=O) groups is 2. The van der Waals surface area contributed by atoms with Crippen LogP contribution in [0.3, 0.4) is 0 Å². The number of piperazine rings is 1. The van der Waals surface area contributed by atoms with Crippen LogP contribution >= 0.6 is 11.8 Å². The van der Waals surface area contributed by atoms with E-state index in [1.165, 1.54) is 29.8 Å². The highest BCUT2D eigenvalue weighted by Gasteiger charge is 2.30. The summed E-state index contributed by atoms with van der Waals surface area (Å²) in [5, 5.41) is 20.2. The molecule has 1 unspecified atom stereocenters. The fourth-order valence-corrected chi connectivity index (χ4v) is 5.29. The van der Waals surface area contributed by atoms with Gasteiger partial charge in [-0.15, -0.1) is 10.2 Å². The van der Waals surface area contributed by atoms with Crippen LogP contribution in [0, 0.1) is 24.0 Å². The fourth-order valence-electron chi connectivity index (χ4n) is 4.35. The number of benzene rings is 2. The molecule has 0 radical (unpaired) electrons. The number of rotatable bonds is 8. The van der Waals surface area contributed by atoms with Gasteiger partial charge in [-0.3, -0.25) is 24.3 Å². The number of aromatic nitrogens is 3. The Kier molecular flexibility index (Phi) is 8.22. The lowest BCUT2D eigenvalue weighted by molar-refractivity contribution is -0.384. The Morgan fingerprint density at radius 1 is 1.05 bits per heavy atom. The van der Waals surface area contributed by atoms with Gasteiger partial charge >= 0.3 is 0 Å². The molecular weight excluding hydrogens is 492 g/mol. The molecule has 3 aromatic rings. The highest BCUT2D eigenvalue weighted by molar-refractivity contribution is 7.99. The van der Waals surface area contributed by atoms with Crippen LogP contribution in [0.5, 0.6) is 0 Å². The van der Waals surface area contributed by atoms with E-state index in [9.17, 15) is 19.7 Å². The smallest absolute Gasteiger partial charge is 0.269 e. The second-order valence-corrected chi connectivity index (χ2v) is 10.2. The van der Waals surface area contributed by atoms with Crippen LogP contribution in [-0.2, 0) is 4.79 Å². The zero-order valence-corrected chi connectivity index (χ0v) is 22.0. The number of nitro groups is 1. The largest absolute Gasteiger partial charge is 0.339 e. The fraction of sp³-hybridized carbons (Fsp3) is 0.385. The molecule has 37 heavy (non-hydrogen) atoms. The van der Waals surface area contributed by atoms with Gasteiger partial charge < -0.3 is 9.80 Å². The first-order chi connectivity index (χ1) is 17.7. The summed E-state index contributed by atoms with van der Waals surface area (Å²) < 4.78 is 2.02. The van der Waals surface area contributed by atoms with Crippen molar-refractivity contribution in [2.45, 2.75) is 44.8 Å². The van der Waals surface area contributed by atoms with E-state index in [0.29, 0.717) is 38.0 Å². The molecule has 10 nitrogen and oxygen atoms in total. The lowest BCUT2D eigenvalue weighted by atomic mass is 10.1. The maximum Gasteiger partial charge on any atom is 0.269 e. The summed E-state index contributed by atoms with van der Waals surface area (Å²) in [4.78, 5) is 39.6. The van der Waals surface area contributed by atoms with Crippen LogP contribution in [0.25, 0.3) is 5.69 Å². The van der Waals surface area contributed by atoms with E-state index < -0.39 is 4.92 Å². The summed E-state index contributed by atoms with van der Waals surface area (Å²) in [7, 11) is 0. The monoisotopic (exact) mass is 522 g/mol. The van der Waals surface area contributed by atoms with E-state index in [4.69, 9.17) is 0 Å². The number of hydrogen-bond acceptors (Lipinski definition) is 7. The molecule has 2 heterocycles. The van der Waals surface area contributed by atoms with E-state index in [0.717, 1.165) is 22.4 Å². The van der Waals surface area contributed by atoms with Gasteiger partial charge in [0.15, 0.2) is 5.16 Å². The molecule has 1 saturated heterocycles. The Bertz CT molecular complexity index is 1280. The Hall–Kier alpha value is -3.73. The molecule has 4 rings (SSSR count). The van der Waals surface area contributed by atoms with Gasteiger partial charge in [0.2, 0.25) is 5.91 Å². The summed E-state index contributed by atoms with van der Waals surface area (Å²) in [5.74, 6) is 1.45. The summed E-state index contributed by atoms with van der Waals surface area (Å²) in [6.07, 6.45) is 1.13. The minimum atomic E-state index is -0.490. The van der Waals surface area contributed by atoms with E-state index >= 15 is 0 Å². The van der Waals surface area contributed by atoms with Gasteiger partial charge in [-0.25, -0.2) is 0 Å². The molecule has 0 N–H and O–H groups in total. The van der Waals surface area contributed by atoms with Crippen LogP contribution in [0.4, 0.5) is 5.69 Å². The highest BCUT2D eigenvalue weighted by atomic mass is 32.2. The molecule has 11 heteroatoms. The second-order valence-electron chi connectivity index (χ2n) is 9.14. The Morgan fingerprint density at radius 3 is 2.41 bits per heavy atom. The maximum atomic E-state index is 12.9. The predicted molar refractivity (Wildman–Crippen MR) is 141 cm³/mol. The Labute approximate surface area is 219 Å². The van der Waals surface area contributed by atoms with E-state index in [1.807, 2.05) is 42.4 Å². The highest BCUT2D eigenvalue weighted by Crippen LogP contribution is 2.24. The van der Waals surface area contributed by atoms with Crippen LogP contribution in [0.1, 0.15) is 41.5 Å². The van der Waals surface area contributed by atoms with Gasteiger partial charge in [-0.05, 0) is 51.5 Å². The van der Waals surface area contributed by atoms with Crippen molar-refractivity contribution in [3.8, 4) is 5.69 Å². The molecule has 2 amide bonds.